The highest BCUT2D eigenvalue weighted by Gasteiger charge is 2.57. The zero-order valence-corrected chi connectivity index (χ0v) is 45.5. The summed E-state index contributed by atoms with van der Waals surface area (Å²) in [7, 11) is 3.41. The maximum absolute atomic E-state index is 14.5. The van der Waals surface area contributed by atoms with Gasteiger partial charge in [-0.3, -0.25) is 28.8 Å². The topological polar surface area (TPSA) is 209 Å². The fraction of sp³-hybridized carbons (Fsp3) is 0.667. The van der Waals surface area contributed by atoms with Crippen LogP contribution in [0.2, 0.25) is 0 Å². The van der Waals surface area contributed by atoms with Gasteiger partial charge in [-0.15, -0.1) is 23.5 Å². The number of nitrogens with one attached hydrogen (secondary N) is 6. The molecule has 4 fully saturated rings. The van der Waals surface area contributed by atoms with Gasteiger partial charge < -0.3 is 55.9 Å². The van der Waals surface area contributed by atoms with Crippen LogP contribution in [-0.2, 0) is 55.8 Å². The van der Waals surface area contributed by atoms with Crippen molar-refractivity contribution in [1.82, 2.24) is 41.7 Å². The molecule has 400 valence electrons. The van der Waals surface area contributed by atoms with Gasteiger partial charge >= 0.3 is 0 Å². The van der Waals surface area contributed by atoms with Crippen molar-refractivity contribution in [2.24, 2.45) is 10.8 Å². The molecule has 0 radical (unpaired) electrons. The van der Waals surface area contributed by atoms with Gasteiger partial charge in [-0.1, -0.05) is 76.2 Å². The largest absolute Gasteiger partial charge is 0.381 e. The van der Waals surface area contributed by atoms with Crippen LogP contribution in [0.5, 0.6) is 0 Å². The molecule has 2 aromatic rings. The van der Waals surface area contributed by atoms with Crippen LogP contribution in [0.1, 0.15) is 114 Å². The first-order valence-corrected chi connectivity index (χ1v) is 28.4. The zero-order valence-electron chi connectivity index (χ0n) is 43.8. The molecule has 19 heteroatoms. The van der Waals surface area contributed by atoms with E-state index < -0.39 is 59.2 Å². The number of rotatable bonds is 20. The molecule has 6 aliphatic rings. The summed E-state index contributed by atoms with van der Waals surface area (Å²) in [5.41, 5.74) is 3.26. The highest BCUT2D eigenvalue weighted by molar-refractivity contribution is 8.00. The number of likely N-dealkylation sites (N-methyl/N-ethyl adjacent to an activating group) is 2. The SMILES string of the molecule is CNC(C)C(=O)N[C@H]1CCS[C@H]2CC(C)(C)[C@@H](C(=O)N[C@H]3c4ccccc4C[C@H]3OCCCOCCCO[C@@H]3Cc4ccccc4[C@@H]3NC(=O)[C@H]3N4C(=O)[C@@H](NC(=O)C(C)NC)CCS[C@H]4CC3(C)C)N2C1=O. The van der Waals surface area contributed by atoms with Gasteiger partial charge in [0.15, 0.2) is 0 Å². The van der Waals surface area contributed by atoms with E-state index in [1.807, 2.05) is 64.1 Å². The van der Waals surface area contributed by atoms with E-state index in [1.165, 1.54) is 0 Å². The molecule has 17 nitrogen and oxygen atoms in total. The average molecular weight is 1050 g/mol. The number of hydrogen-bond donors (Lipinski definition) is 6. The number of carbonyl (C=O) groups is 6. The molecule has 0 spiro atoms. The molecule has 73 heavy (non-hydrogen) atoms. The van der Waals surface area contributed by atoms with Crippen molar-refractivity contribution in [2.45, 2.75) is 164 Å². The van der Waals surface area contributed by atoms with E-state index in [0.29, 0.717) is 89.3 Å². The van der Waals surface area contributed by atoms with Crippen LogP contribution in [-0.4, -0.2) is 156 Å². The summed E-state index contributed by atoms with van der Waals surface area (Å²) in [4.78, 5) is 86.7. The highest BCUT2D eigenvalue weighted by atomic mass is 32.2. The maximum atomic E-state index is 14.5. The summed E-state index contributed by atoms with van der Waals surface area (Å²) >= 11 is 3.35. The summed E-state index contributed by atoms with van der Waals surface area (Å²) in [6.45, 7) is 13.5. The predicted octanol–water partition coefficient (Wildman–Crippen LogP) is 3.75. The van der Waals surface area contributed by atoms with E-state index in [2.05, 4.69) is 44.0 Å². The Morgan fingerprint density at radius 3 is 1.41 bits per heavy atom. The molecular formula is C54H78N8O9S2. The first-order chi connectivity index (χ1) is 34.9. The lowest BCUT2D eigenvalue weighted by Gasteiger charge is -2.35. The molecule has 8 rings (SSSR count). The van der Waals surface area contributed by atoms with Crippen LogP contribution in [0.25, 0.3) is 0 Å². The lowest BCUT2D eigenvalue weighted by Crippen LogP contribution is -2.58. The molecule has 4 heterocycles. The van der Waals surface area contributed by atoms with Gasteiger partial charge in [-0.25, -0.2) is 0 Å². The Balaban J connectivity index is 0.816. The first kappa shape index (κ1) is 55.0. The van der Waals surface area contributed by atoms with Crippen molar-refractivity contribution >= 4 is 59.0 Å². The normalized spacial score (nSPS) is 29.8. The third-order valence-electron chi connectivity index (χ3n) is 15.9. The fourth-order valence-corrected chi connectivity index (χ4v) is 14.8. The second-order valence-electron chi connectivity index (χ2n) is 22.0. The number of fused-ring (bicyclic) bond motifs is 4. The van der Waals surface area contributed by atoms with Crippen LogP contribution in [0.15, 0.2) is 48.5 Å². The number of hydrogen-bond acceptors (Lipinski definition) is 13. The van der Waals surface area contributed by atoms with Crippen LogP contribution in [0.4, 0.5) is 0 Å². The molecule has 4 saturated heterocycles. The summed E-state index contributed by atoms with van der Waals surface area (Å²) < 4.78 is 19.1. The van der Waals surface area contributed by atoms with Gasteiger partial charge in [-0.2, -0.15) is 0 Å². The Morgan fingerprint density at radius 2 is 1.01 bits per heavy atom. The van der Waals surface area contributed by atoms with Crippen LogP contribution < -0.4 is 31.9 Å². The first-order valence-electron chi connectivity index (χ1n) is 26.3. The Kier molecular flexibility index (Phi) is 17.9. The number of thioether (sulfide) groups is 2. The molecule has 6 N–H and O–H groups in total. The predicted molar refractivity (Wildman–Crippen MR) is 282 cm³/mol. The summed E-state index contributed by atoms with van der Waals surface area (Å²) in [6, 6.07) is 11.6. The van der Waals surface area contributed by atoms with E-state index in [1.54, 1.807) is 61.3 Å². The summed E-state index contributed by atoms with van der Waals surface area (Å²) in [5, 5.41) is 18.1. The smallest absolute Gasteiger partial charge is 0.246 e. The van der Waals surface area contributed by atoms with E-state index >= 15 is 0 Å². The summed E-state index contributed by atoms with van der Waals surface area (Å²) in [6.07, 6.45) is 4.32. The molecule has 0 bridgehead atoms. The van der Waals surface area contributed by atoms with Gasteiger partial charge in [0.2, 0.25) is 35.4 Å². The van der Waals surface area contributed by atoms with Crippen molar-refractivity contribution in [2.75, 3.05) is 52.0 Å². The van der Waals surface area contributed by atoms with Gasteiger partial charge in [0.25, 0.3) is 0 Å². The third kappa shape index (κ3) is 12.1. The molecule has 2 unspecified atom stereocenters. The number of ether oxygens (including phenoxy) is 3. The number of amides is 6. The van der Waals surface area contributed by atoms with Crippen LogP contribution >= 0.6 is 23.5 Å². The van der Waals surface area contributed by atoms with E-state index in [9.17, 15) is 28.8 Å². The lowest BCUT2D eigenvalue weighted by molar-refractivity contribution is -0.144. The Hall–Kier alpha value is -4.24. The van der Waals surface area contributed by atoms with E-state index in [-0.39, 0.29) is 58.4 Å². The second-order valence-corrected chi connectivity index (χ2v) is 24.5. The highest BCUT2D eigenvalue weighted by Crippen LogP contribution is 2.48. The molecule has 12 atom stereocenters. The monoisotopic (exact) mass is 1050 g/mol. The quantitative estimate of drug-likeness (QED) is 0.105. The van der Waals surface area contributed by atoms with Gasteiger partial charge in [-0.05, 0) is 111 Å². The van der Waals surface area contributed by atoms with Crippen molar-refractivity contribution < 1.29 is 43.0 Å². The van der Waals surface area contributed by atoms with Crippen molar-refractivity contribution in [3.8, 4) is 0 Å². The third-order valence-corrected chi connectivity index (χ3v) is 18.4. The Bertz CT molecular complexity index is 2180. The van der Waals surface area contributed by atoms with Gasteiger partial charge in [0, 0.05) is 39.3 Å². The van der Waals surface area contributed by atoms with Gasteiger partial charge in [0.1, 0.15) is 24.2 Å². The second kappa shape index (κ2) is 23.8. The minimum Gasteiger partial charge on any atom is -0.381 e. The molecule has 2 aliphatic carbocycles. The molecule has 4 aliphatic heterocycles. The van der Waals surface area contributed by atoms with Crippen molar-refractivity contribution in [3.05, 3.63) is 70.8 Å². The molecule has 0 saturated carbocycles. The summed E-state index contributed by atoms with van der Waals surface area (Å²) in [5.74, 6) is 0.0402. The average Bonchev–Trinajstić information content (AvgIpc) is 4.01. The van der Waals surface area contributed by atoms with Crippen LogP contribution in [0, 0.1) is 10.8 Å². The molecular weight excluding hydrogens is 969 g/mol. The lowest BCUT2D eigenvalue weighted by atomic mass is 9.83. The standard InChI is InChI=1S/C54H78N8O9S2/c1-31(55-7)47(63)57-37-19-25-72-41-29-53(3,4)45(61(41)51(37)67)49(65)59-43-35-17-11-9-15-33(35)27-39(43)70-23-13-21-69-22-14-24-71-40-28-34-16-10-12-18-36(34)44(40)60-50(66)46-54(5,6)30-42-62(46)52(68)38(20-26-73-42)58-48(64)32(2)56-8/h9-12,15-18,31-32,37-46,55-56H,13-14,19-30H2,1-8H3,(H,57,63)(H,58,64)(H,59,65)(H,60,66)/t31?,32?,37-,38-,39+,40+,41-,42-,43-,44-,45+,46+/m0/s1. The number of carbonyl (C=O) groups excluding carboxylic acids is 6. The molecule has 6 amide bonds. The Morgan fingerprint density at radius 1 is 0.616 bits per heavy atom. The molecule has 0 aromatic heterocycles. The zero-order chi connectivity index (χ0) is 52.2. The van der Waals surface area contributed by atoms with E-state index in [4.69, 9.17) is 14.2 Å². The minimum absolute atomic E-state index is 0.165. The van der Waals surface area contributed by atoms with Crippen molar-refractivity contribution in [3.63, 3.8) is 0 Å². The minimum atomic E-state index is -0.720. The molecule has 2 aromatic carbocycles. The van der Waals surface area contributed by atoms with Crippen molar-refractivity contribution in [1.29, 1.82) is 0 Å². The van der Waals surface area contributed by atoms with E-state index in [0.717, 1.165) is 22.3 Å². The Labute approximate surface area is 439 Å². The maximum Gasteiger partial charge on any atom is 0.246 e. The number of benzene rings is 2. The number of nitrogens with zero attached hydrogens (tertiary/aromatic N) is 2. The fourth-order valence-electron chi connectivity index (χ4n) is 11.7. The van der Waals surface area contributed by atoms with Crippen LogP contribution in [0.3, 0.4) is 0 Å². The van der Waals surface area contributed by atoms with Gasteiger partial charge in [0.05, 0.1) is 47.1 Å².